The summed E-state index contributed by atoms with van der Waals surface area (Å²) in [5.41, 5.74) is 0. The number of methoxy groups -OCH3 is 1. The maximum Gasteiger partial charge on any atom is 0.191 e. The topological polar surface area (TPSA) is 76.4 Å². The molecule has 0 bridgehead atoms. The lowest BCUT2D eigenvalue weighted by Gasteiger charge is -2.13. The van der Waals surface area contributed by atoms with Crippen LogP contribution in [0.5, 0.6) is 0 Å². The molecule has 1 aromatic heterocycles. The van der Waals surface area contributed by atoms with Crippen molar-refractivity contribution in [3.8, 4) is 0 Å². The van der Waals surface area contributed by atoms with Gasteiger partial charge < -0.3 is 19.9 Å². The number of hydrogen-bond donors (Lipinski definition) is 2. The third-order valence-electron chi connectivity index (χ3n) is 3.03. The van der Waals surface area contributed by atoms with Gasteiger partial charge in [0, 0.05) is 52.1 Å². The van der Waals surface area contributed by atoms with Crippen molar-refractivity contribution < 1.29 is 4.74 Å². The number of aliphatic imine (C=N–C) groups is 1. The van der Waals surface area contributed by atoms with Gasteiger partial charge in [-0.15, -0.1) is 10.2 Å². The first-order chi connectivity index (χ1) is 10.8. The maximum atomic E-state index is 5.05. The van der Waals surface area contributed by atoms with Crippen molar-refractivity contribution in [1.29, 1.82) is 0 Å². The number of aromatic nitrogens is 3. The predicted molar refractivity (Wildman–Crippen MR) is 92.6 cm³/mol. The zero-order valence-electron chi connectivity index (χ0n) is 13.8. The van der Waals surface area contributed by atoms with Crippen molar-refractivity contribution in [3.63, 3.8) is 0 Å². The lowest BCUT2D eigenvalue weighted by Crippen LogP contribution is -2.40. The number of ether oxygens (including phenoxy) is 1. The van der Waals surface area contributed by atoms with E-state index in [4.69, 9.17) is 4.74 Å². The Morgan fingerprint density at radius 3 is 2.95 bits per heavy atom. The number of hydrogen-bond acceptors (Lipinski definition) is 5. The van der Waals surface area contributed by atoms with E-state index in [1.807, 2.05) is 11.8 Å². The molecule has 0 spiro atoms. The second-order valence-corrected chi connectivity index (χ2v) is 5.70. The number of nitrogens with zero attached hydrogens (tertiary/aromatic N) is 4. The molecule has 0 aromatic carbocycles. The second-order valence-electron chi connectivity index (χ2n) is 4.72. The van der Waals surface area contributed by atoms with Crippen LogP contribution in [0, 0.1) is 0 Å². The van der Waals surface area contributed by atoms with Gasteiger partial charge in [0.2, 0.25) is 0 Å². The quantitative estimate of drug-likeness (QED) is 0.355. The molecule has 0 saturated carbocycles. The summed E-state index contributed by atoms with van der Waals surface area (Å²) in [6, 6.07) is 0. The first-order valence-electron chi connectivity index (χ1n) is 7.68. The van der Waals surface area contributed by atoms with Gasteiger partial charge in [0.15, 0.2) is 5.96 Å². The highest BCUT2D eigenvalue weighted by Gasteiger charge is 2.02. The highest BCUT2D eigenvalue weighted by molar-refractivity contribution is 7.98. The van der Waals surface area contributed by atoms with Gasteiger partial charge >= 0.3 is 0 Å². The fourth-order valence-corrected chi connectivity index (χ4v) is 2.19. The Morgan fingerprint density at radius 2 is 2.23 bits per heavy atom. The molecule has 0 radical (unpaired) electrons. The molecule has 0 fully saturated rings. The van der Waals surface area contributed by atoms with Gasteiger partial charge in [0.05, 0.1) is 0 Å². The van der Waals surface area contributed by atoms with Crippen molar-refractivity contribution in [1.82, 2.24) is 25.4 Å². The van der Waals surface area contributed by atoms with E-state index >= 15 is 0 Å². The van der Waals surface area contributed by atoms with Crippen LogP contribution in [0.1, 0.15) is 19.2 Å². The molecule has 126 valence electrons. The molecule has 0 aliphatic heterocycles. The van der Waals surface area contributed by atoms with Crippen LogP contribution in [0.3, 0.4) is 0 Å². The Morgan fingerprint density at radius 1 is 1.41 bits per heavy atom. The molecular weight excluding hydrogens is 300 g/mol. The average Bonchev–Trinajstić information content (AvgIpc) is 2.98. The first-order valence-corrected chi connectivity index (χ1v) is 9.08. The van der Waals surface area contributed by atoms with Crippen molar-refractivity contribution in [2.45, 2.75) is 26.3 Å². The normalized spacial score (nSPS) is 11.7. The number of nitrogens with one attached hydrogen (secondary N) is 2. The van der Waals surface area contributed by atoms with Gasteiger partial charge in [-0.3, -0.25) is 4.99 Å². The van der Waals surface area contributed by atoms with E-state index in [1.54, 1.807) is 13.4 Å². The minimum absolute atomic E-state index is 0.738. The molecule has 7 nitrogen and oxygen atoms in total. The summed E-state index contributed by atoms with van der Waals surface area (Å²) in [5, 5.41) is 14.7. The highest BCUT2D eigenvalue weighted by atomic mass is 32.2. The van der Waals surface area contributed by atoms with E-state index in [1.165, 1.54) is 0 Å². The molecule has 0 amide bonds. The molecule has 0 saturated heterocycles. The predicted octanol–water partition coefficient (Wildman–Crippen LogP) is 0.775. The average molecular weight is 328 g/mol. The summed E-state index contributed by atoms with van der Waals surface area (Å²) in [6.45, 7) is 6.11. The van der Waals surface area contributed by atoms with E-state index in [9.17, 15) is 0 Å². The minimum atomic E-state index is 0.738. The van der Waals surface area contributed by atoms with Gasteiger partial charge in [0.25, 0.3) is 0 Å². The molecule has 1 rings (SSSR count). The molecule has 8 heteroatoms. The minimum Gasteiger partial charge on any atom is -0.385 e. The molecule has 1 heterocycles. The van der Waals surface area contributed by atoms with Crippen LogP contribution in [0.25, 0.3) is 0 Å². The monoisotopic (exact) mass is 328 g/mol. The molecule has 2 N–H and O–H groups in total. The molecule has 0 atom stereocenters. The molecule has 0 aliphatic rings. The van der Waals surface area contributed by atoms with Crippen LogP contribution in [-0.4, -0.2) is 66.1 Å². The van der Waals surface area contributed by atoms with Crippen LogP contribution < -0.4 is 10.6 Å². The third kappa shape index (κ3) is 7.65. The standard InChI is InChI=1S/C14H28N6OS/c1-4-13-19-18-12-20(13)9-7-16-14(17-8-11-22-3)15-6-5-10-21-2/h12H,4-11H2,1-3H3,(H2,15,16,17). The first kappa shape index (κ1) is 18.8. The summed E-state index contributed by atoms with van der Waals surface area (Å²) in [7, 11) is 1.71. The smallest absolute Gasteiger partial charge is 0.191 e. The lowest BCUT2D eigenvalue weighted by molar-refractivity contribution is 0.197. The summed E-state index contributed by atoms with van der Waals surface area (Å²) in [4.78, 5) is 4.56. The summed E-state index contributed by atoms with van der Waals surface area (Å²) in [5.74, 6) is 2.93. The molecule has 0 unspecified atom stereocenters. The molecule has 22 heavy (non-hydrogen) atoms. The van der Waals surface area contributed by atoms with Gasteiger partial charge in [-0.2, -0.15) is 11.8 Å². The van der Waals surface area contributed by atoms with E-state index < -0.39 is 0 Å². The number of guanidine groups is 1. The number of rotatable bonds is 11. The third-order valence-corrected chi connectivity index (χ3v) is 3.64. The van der Waals surface area contributed by atoms with E-state index in [0.29, 0.717) is 0 Å². The Bertz CT molecular complexity index is 423. The van der Waals surface area contributed by atoms with Crippen LogP contribution in [0.15, 0.2) is 11.3 Å². The van der Waals surface area contributed by atoms with Crippen molar-refractivity contribution >= 4 is 17.7 Å². The van der Waals surface area contributed by atoms with Crippen molar-refractivity contribution in [3.05, 3.63) is 12.2 Å². The number of thioether (sulfide) groups is 1. The van der Waals surface area contributed by atoms with Crippen LogP contribution in [0.2, 0.25) is 0 Å². The largest absolute Gasteiger partial charge is 0.385 e. The van der Waals surface area contributed by atoms with Crippen LogP contribution >= 0.6 is 11.8 Å². The van der Waals surface area contributed by atoms with Crippen LogP contribution in [0.4, 0.5) is 0 Å². The summed E-state index contributed by atoms with van der Waals surface area (Å²) < 4.78 is 7.11. The number of aryl methyl sites for hydroxylation is 1. The Balaban J connectivity index is 2.38. The Kier molecular flexibility index (Phi) is 10.5. The summed E-state index contributed by atoms with van der Waals surface area (Å²) in [6.07, 6.45) is 5.70. The fraction of sp³-hybridized carbons (Fsp3) is 0.786. The van der Waals surface area contributed by atoms with E-state index in [0.717, 1.165) is 63.2 Å². The SMILES string of the molecule is CCc1nncn1CCNC(=NCCCOC)NCCSC. The molecule has 0 aliphatic carbocycles. The van der Waals surface area contributed by atoms with Gasteiger partial charge in [-0.05, 0) is 12.7 Å². The van der Waals surface area contributed by atoms with Crippen LogP contribution in [-0.2, 0) is 17.7 Å². The van der Waals surface area contributed by atoms with Gasteiger partial charge in [-0.25, -0.2) is 0 Å². The molecule has 1 aromatic rings. The highest BCUT2D eigenvalue weighted by Crippen LogP contribution is 1.94. The Hall–Kier alpha value is -1.28. The van der Waals surface area contributed by atoms with Crippen molar-refractivity contribution in [2.75, 3.05) is 45.4 Å². The molecular formula is C14H28N6OS. The Labute approximate surface area is 137 Å². The lowest BCUT2D eigenvalue weighted by atomic mass is 10.4. The zero-order chi connectivity index (χ0) is 16.0. The van der Waals surface area contributed by atoms with Gasteiger partial charge in [0.1, 0.15) is 12.2 Å². The second kappa shape index (κ2) is 12.3. The van der Waals surface area contributed by atoms with Crippen molar-refractivity contribution in [2.24, 2.45) is 4.99 Å². The van der Waals surface area contributed by atoms with E-state index in [-0.39, 0.29) is 0 Å². The fourth-order valence-electron chi connectivity index (χ4n) is 1.88. The summed E-state index contributed by atoms with van der Waals surface area (Å²) >= 11 is 1.82. The zero-order valence-corrected chi connectivity index (χ0v) is 14.7. The van der Waals surface area contributed by atoms with E-state index in [2.05, 4.69) is 43.6 Å². The maximum absolute atomic E-state index is 5.05. The van der Waals surface area contributed by atoms with Gasteiger partial charge in [-0.1, -0.05) is 6.92 Å².